The van der Waals surface area contributed by atoms with E-state index >= 15 is 0 Å². The summed E-state index contributed by atoms with van der Waals surface area (Å²) in [6.45, 7) is 6.35. The van der Waals surface area contributed by atoms with Crippen LogP contribution in [-0.2, 0) is 19.9 Å². The van der Waals surface area contributed by atoms with Crippen molar-refractivity contribution in [2.24, 2.45) is 17.8 Å². The Kier molecular flexibility index (Phi) is 4.10. The van der Waals surface area contributed by atoms with E-state index in [-0.39, 0.29) is 29.7 Å². The molecule has 0 bridgehead atoms. The summed E-state index contributed by atoms with van der Waals surface area (Å²) in [6.07, 6.45) is 1.60. The van der Waals surface area contributed by atoms with Gasteiger partial charge in [-0.05, 0) is 24.6 Å². The van der Waals surface area contributed by atoms with E-state index in [0.29, 0.717) is 17.8 Å². The number of fused-ring (bicyclic) bond motifs is 4. The minimum absolute atomic E-state index is 0.0881. The first kappa shape index (κ1) is 18.1. The largest absolute Gasteiger partial charge is 0.326 e. The van der Waals surface area contributed by atoms with Crippen LogP contribution in [0.15, 0.2) is 18.2 Å². The topological polar surface area (TPSA) is 83.1 Å². The number of halogens is 1. The van der Waals surface area contributed by atoms with Crippen molar-refractivity contribution >= 4 is 23.4 Å². The van der Waals surface area contributed by atoms with E-state index in [1.54, 1.807) is 0 Å². The predicted octanol–water partition coefficient (Wildman–Crippen LogP) is 0.976. The van der Waals surface area contributed by atoms with E-state index < -0.39 is 23.2 Å². The molecule has 144 valence electrons. The number of imide groups is 1. The van der Waals surface area contributed by atoms with Crippen molar-refractivity contribution in [2.75, 3.05) is 11.9 Å². The van der Waals surface area contributed by atoms with Gasteiger partial charge in [0.25, 0.3) is 5.91 Å². The number of nitrogens with zero attached hydrogens (tertiary/aromatic N) is 1. The van der Waals surface area contributed by atoms with Gasteiger partial charge in [0.1, 0.15) is 23.7 Å². The Hall–Kier alpha value is -2.28. The first-order valence-electron chi connectivity index (χ1n) is 9.65. The maximum Gasteiger partial charge on any atom is 0.291 e. The van der Waals surface area contributed by atoms with Gasteiger partial charge in [-0.3, -0.25) is 19.3 Å². The molecule has 0 aliphatic carbocycles. The van der Waals surface area contributed by atoms with E-state index in [1.165, 1.54) is 23.1 Å². The number of unbranched alkanes of at least 4 members (excludes halogenated alkanes) is 1. The fourth-order valence-corrected chi connectivity index (χ4v) is 5.06. The molecule has 6 nitrogen and oxygen atoms in total. The van der Waals surface area contributed by atoms with Crippen molar-refractivity contribution < 1.29 is 24.1 Å². The Bertz CT molecular complexity index is 840. The van der Waals surface area contributed by atoms with Crippen molar-refractivity contribution in [3.8, 4) is 0 Å². The number of carbonyl (C=O) groups is 3. The molecular formula is C20H25FN3O3+. The molecule has 1 spiro atoms. The quantitative estimate of drug-likeness (QED) is 0.771. The molecule has 0 saturated carbocycles. The van der Waals surface area contributed by atoms with Gasteiger partial charge in [-0.25, -0.2) is 4.39 Å². The number of quaternary nitrogens is 1. The molecule has 7 heteroatoms. The second kappa shape index (κ2) is 6.12. The summed E-state index contributed by atoms with van der Waals surface area (Å²) in [6, 6.07) is 3.94. The van der Waals surface area contributed by atoms with Crippen LogP contribution in [0.1, 0.15) is 39.2 Å². The summed E-state index contributed by atoms with van der Waals surface area (Å²) in [5.41, 5.74) is -0.276. The highest BCUT2D eigenvalue weighted by Gasteiger charge is 2.74. The molecule has 4 atom stereocenters. The first-order chi connectivity index (χ1) is 12.8. The standard InChI is InChI=1S/C20H24FN3O3/c1-4-5-8-24-17(25)14-15(18(24)26)20(23-16(14)10(2)3)12-9-11(21)6-7-13(12)22-19(20)27/h6-7,9-10,14-16,23H,4-5,8H2,1-3H3,(H,22,27)/p+1/t14-,15-,16+,20+/m0/s1. The number of amides is 3. The summed E-state index contributed by atoms with van der Waals surface area (Å²) in [5, 5.41) is 4.65. The molecule has 2 fully saturated rings. The fraction of sp³-hybridized carbons (Fsp3) is 0.550. The molecule has 3 amide bonds. The Balaban J connectivity index is 1.86. The van der Waals surface area contributed by atoms with Crippen LogP contribution in [0.3, 0.4) is 0 Å². The van der Waals surface area contributed by atoms with Crippen LogP contribution in [0.2, 0.25) is 0 Å². The number of nitrogens with two attached hydrogens (primary N) is 1. The Morgan fingerprint density at radius 3 is 2.67 bits per heavy atom. The minimum atomic E-state index is -1.27. The zero-order valence-electron chi connectivity index (χ0n) is 15.8. The number of nitrogens with one attached hydrogen (secondary N) is 1. The van der Waals surface area contributed by atoms with Crippen molar-refractivity contribution in [1.29, 1.82) is 0 Å². The summed E-state index contributed by atoms with van der Waals surface area (Å²) in [4.78, 5) is 40.8. The van der Waals surface area contributed by atoms with Crippen LogP contribution in [0.4, 0.5) is 10.1 Å². The molecule has 1 aromatic carbocycles. The van der Waals surface area contributed by atoms with Crippen LogP contribution < -0.4 is 10.6 Å². The average molecular weight is 374 g/mol. The fourth-order valence-electron chi connectivity index (χ4n) is 5.06. The van der Waals surface area contributed by atoms with Crippen molar-refractivity contribution in [2.45, 2.75) is 45.2 Å². The normalized spacial score (nSPS) is 31.8. The molecule has 27 heavy (non-hydrogen) atoms. The molecule has 3 heterocycles. The third-order valence-electron chi connectivity index (χ3n) is 6.36. The first-order valence-corrected chi connectivity index (χ1v) is 9.65. The molecule has 0 aromatic heterocycles. The lowest BCUT2D eigenvalue weighted by Gasteiger charge is -2.27. The van der Waals surface area contributed by atoms with E-state index in [1.807, 2.05) is 26.1 Å². The van der Waals surface area contributed by atoms with E-state index in [4.69, 9.17) is 0 Å². The zero-order valence-corrected chi connectivity index (χ0v) is 15.8. The second-order valence-corrected chi connectivity index (χ2v) is 8.19. The van der Waals surface area contributed by atoms with Crippen LogP contribution in [0.25, 0.3) is 0 Å². The van der Waals surface area contributed by atoms with Gasteiger partial charge < -0.3 is 10.6 Å². The van der Waals surface area contributed by atoms with Gasteiger partial charge in [0.2, 0.25) is 17.4 Å². The molecule has 1 aromatic rings. The third-order valence-corrected chi connectivity index (χ3v) is 6.36. The van der Waals surface area contributed by atoms with Gasteiger partial charge in [0.15, 0.2) is 0 Å². The molecule has 0 unspecified atom stereocenters. The van der Waals surface area contributed by atoms with Crippen molar-refractivity contribution in [3.05, 3.63) is 29.6 Å². The summed E-state index contributed by atoms with van der Waals surface area (Å²) in [5.74, 6) is -2.55. The maximum absolute atomic E-state index is 14.0. The van der Waals surface area contributed by atoms with Gasteiger partial charge in [0, 0.05) is 18.0 Å². The van der Waals surface area contributed by atoms with E-state index in [2.05, 4.69) is 5.32 Å². The number of benzene rings is 1. The summed E-state index contributed by atoms with van der Waals surface area (Å²) < 4.78 is 14.0. The van der Waals surface area contributed by atoms with Crippen LogP contribution in [0.5, 0.6) is 0 Å². The molecule has 3 N–H and O–H groups in total. The molecular weight excluding hydrogens is 349 g/mol. The van der Waals surface area contributed by atoms with Crippen LogP contribution in [-0.4, -0.2) is 35.2 Å². The summed E-state index contributed by atoms with van der Waals surface area (Å²) in [7, 11) is 0. The number of hydrogen-bond donors (Lipinski definition) is 2. The highest BCUT2D eigenvalue weighted by atomic mass is 19.1. The Labute approximate surface area is 157 Å². The van der Waals surface area contributed by atoms with Gasteiger partial charge in [-0.1, -0.05) is 27.2 Å². The summed E-state index contributed by atoms with van der Waals surface area (Å²) >= 11 is 0. The minimum Gasteiger partial charge on any atom is -0.326 e. The van der Waals surface area contributed by atoms with Crippen LogP contribution in [0, 0.1) is 23.6 Å². The molecule has 4 rings (SSSR count). The number of anilines is 1. The SMILES string of the molecule is CCCCN1C(=O)[C@@H]2[C@@H](C(C)C)[NH2+][C@@]3(C(=O)Nc4ccc(F)cc43)[C@@H]2C1=O. The highest BCUT2D eigenvalue weighted by Crippen LogP contribution is 2.50. The molecule has 2 saturated heterocycles. The number of rotatable bonds is 4. The highest BCUT2D eigenvalue weighted by molar-refractivity contribution is 6.13. The monoisotopic (exact) mass is 374 g/mol. The number of carbonyl (C=O) groups excluding carboxylic acids is 3. The number of likely N-dealkylation sites (tertiary alicyclic amines) is 1. The lowest BCUT2D eigenvalue weighted by molar-refractivity contribution is -0.738. The zero-order chi connectivity index (χ0) is 19.5. The molecule has 3 aliphatic heterocycles. The predicted molar refractivity (Wildman–Crippen MR) is 95.9 cm³/mol. The molecule has 0 radical (unpaired) electrons. The van der Waals surface area contributed by atoms with E-state index in [9.17, 15) is 18.8 Å². The smallest absolute Gasteiger partial charge is 0.291 e. The Morgan fingerprint density at radius 2 is 2.00 bits per heavy atom. The number of hydrogen-bond acceptors (Lipinski definition) is 3. The van der Waals surface area contributed by atoms with E-state index in [0.717, 1.165) is 12.8 Å². The lowest BCUT2D eigenvalue weighted by Crippen LogP contribution is -2.99. The van der Waals surface area contributed by atoms with Gasteiger partial charge in [-0.2, -0.15) is 0 Å². The Morgan fingerprint density at radius 1 is 1.26 bits per heavy atom. The maximum atomic E-state index is 14.0. The third kappa shape index (κ3) is 2.30. The lowest BCUT2D eigenvalue weighted by atomic mass is 9.76. The van der Waals surface area contributed by atoms with Crippen LogP contribution >= 0.6 is 0 Å². The van der Waals surface area contributed by atoms with Gasteiger partial charge in [-0.15, -0.1) is 0 Å². The molecule has 3 aliphatic rings. The second-order valence-electron chi connectivity index (χ2n) is 8.19. The van der Waals surface area contributed by atoms with Gasteiger partial charge >= 0.3 is 0 Å². The van der Waals surface area contributed by atoms with Gasteiger partial charge in [0.05, 0.1) is 5.69 Å². The van der Waals surface area contributed by atoms with Crippen molar-refractivity contribution in [3.63, 3.8) is 0 Å². The van der Waals surface area contributed by atoms with Crippen molar-refractivity contribution in [1.82, 2.24) is 4.90 Å². The average Bonchev–Trinajstić information content (AvgIpc) is 3.20.